The normalized spacial score (nSPS) is 18.4. The number of benzene rings is 2. The van der Waals surface area contributed by atoms with E-state index in [0.29, 0.717) is 17.8 Å². The first-order chi connectivity index (χ1) is 12.9. The number of nitrogens with zero attached hydrogens (tertiary/aromatic N) is 2. The molecule has 1 amide bonds. The monoisotopic (exact) mass is 368 g/mol. The predicted molar refractivity (Wildman–Crippen MR) is 99.6 cm³/mol. The summed E-state index contributed by atoms with van der Waals surface area (Å²) in [4.78, 5) is 37.5. The zero-order valence-corrected chi connectivity index (χ0v) is 14.9. The molecular weight excluding hydrogens is 348 g/mol. The molecule has 0 unspecified atom stereocenters. The van der Waals surface area contributed by atoms with Crippen LogP contribution in [0.15, 0.2) is 48.5 Å². The van der Waals surface area contributed by atoms with Crippen LogP contribution >= 0.6 is 0 Å². The standard InChI is InChI=1S/C20H20N2O5/c1-2-3-11-21-17-10-5-4-9-16(17)20(25,19(21)24)13-18(23)14-7-6-8-15(12-14)22(26)27/h4-10,12,25H,2-3,11,13H2,1H3/t20-/m1/s1. The van der Waals surface area contributed by atoms with E-state index in [0.717, 1.165) is 18.9 Å². The van der Waals surface area contributed by atoms with E-state index in [1.165, 1.54) is 23.1 Å². The molecule has 3 rings (SSSR count). The van der Waals surface area contributed by atoms with E-state index < -0.39 is 28.6 Å². The Labute approximate surface area is 156 Å². The molecule has 1 N–H and O–H groups in total. The molecule has 140 valence electrons. The summed E-state index contributed by atoms with van der Waals surface area (Å²) in [7, 11) is 0. The maximum absolute atomic E-state index is 12.9. The SMILES string of the molecule is CCCCN1C(=O)[C@@](O)(CC(=O)c2cccc([N+](=O)[O-])c2)c2ccccc21. The third-order valence-electron chi connectivity index (χ3n) is 4.77. The molecule has 0 aromatic heterocycles. The maximum Gasteiger partial charge on any atom is 0.270 e. The van der Waals surface area contributed by atoms with Crippen molar-refractivity contribution in [3.05, 3.63) is 69.8 Å². The van der Waals surface area contributed by atoms with Gasteiger partial charge in [0, 0.05) is 29.8 Å². The summed E-state index contributed by atoms with van der Waals surface area (Å²) < 4.78 is 0. The van der Waals surface area contributed by atoms with Crippen molar-refractivity contribution >= 4 is 23.1 Å². The first-order valence-electron chi connectivity index (χ1n) is 8.80. The van der Waals surface area contributed by atoms with Crippen LogP contribution in [0, 0.1) is 10.1 Å². The molecule has 0 radical (unpaired) electrons. The van der Waals surface area contributed by atoms with E-state index in [-0.39, 0.29) is 11.3 Å². The number of rotatable bonds is 7. The number of non-ortho nitro benzene ring substituents is 1. The summed E-state index contributed by atoms with van der Waals surface area (Å²) in [6.07, 6.45) is 1.19. The largest absolute Gasteiger partial charge is 0.375 e. The molecule has 1 heterocycles. The van der Waals surface area contributed by atoms with Crippen LogP contribution < -0.4 is 4.90 Å². The fraction of sp³-hybridized carbons (Fsp3) is 0.300. The van der Waals surface area contributed by atoms with Gasteiger partial charge in [-0.1, -0.05) is 43.7 Å². The minimum Gasteiger partial charge on any atom is -0.375 e. The maximum atomic E-state index is 12.9. The Hall–Kier alpha value is -3.06. The van der Waals surface area contributed by atoms with Crippen LogP contribution in [0.1, 0.15) is 42.1 Å². The van der Waals surface area contributed by atoms with Gasteiger partial charge in [-0.2, -0.15) is 0 Å². The van der Waals surface area contributed by atoms with Gasteiger partial charge in [-0.3, -0.25) is 19.7 Å². The van der Waals surface area contributed by atoms with Crippen molar-refractivity contribution in [2.75, 3.05) is 11.4 Å². The zero-order chi connectivity index (χ0) is 19.6. The first-order valence-corrected chi connectivity index (χ1v) is 8.80. The van der Waals surface area contributed by atoms with E-state index >= 15 is 0 Å². The zero-order valence-electron chi connectivity index (χ0n) is 14.9. The molecule has 0 aliphatic carbocycles. The molecule has 0 spiro atoms. The van der Waals surface area contributed by atoms with Crippen molar-refractivity contribution in [3.8, 4) is 0 Å². The van der Waals surface area contributed by atoms with Crippen LogP contribution in [-0.4, -0.2) is 28.3 Å². The number of hydrogen-bond acceptors (Lipinski definition) is 5. The van der Waals surface area contributed by atoms with Gasteiger partial charge in [-0.15, -0.1) is 0 Å². The summed E-state index contributed by atoms with van der Waals surface area (Å²) in [6, 6.07) is 12.2. The highest BCUT2D eigenvalue weighted by Gasteiger charge is 2.50. The molecule has 1 aliphatic rings. The average Bonchev–Trinajstić information content (AvgIpc) is 2.88. The van der Waals surface area contributed by atoms with Crippen molar-refractivity contribution in [1.82, 2.24) is 0 Å². The highest BCUT2D eigenvalue weighted by molar-refractivity contribution is 6.10. The van der Waals surface area contributed by atoms with Gasteiger partial charge in [0.1, 0.15) is 0 Å². The minimum absolute atomic E-state index is 0.0925. The van der Waals surface area contributed by atoms with Crippen molar-refractivity contribution in [3.63, 3.8) is 0 Å². The average molecular weight is 368 g/mol. The highest BCUT2D eigenvalue weighted by Crippen LogP contribution is 2.43. The van der Waals surface area contributed by atoms with E-state index in [1.54, 1.807) is 24.3 Å². The number of carbonyl (C=O) groups is 2. The van der Waals surface area contributed by atoms with E-state index in [9.17, 15) is 24.8 Å². The third kappa shape index (κ3) is 3.33. The smallest absolute Gasteiger partial charge is 0.270 e. The lowest BCUT2D eigenvalue weighted by molar-refractivity contribution is -0.384. The van der Waals surface area contributed by atoms with Gasteiger partial charge in [0.15, 0.2) is 11.4 Å². The summed E-state index contributed by atoms with van der Waals surface area (Å²) in [5.41, 5.74) is -1.09. The molecule has 2 aromatic carbocycles. The number of anilines is 1. The fourth-order valence-corrected chi connectivity index (χ4v) is 3.34. The molecule has 27 heavy (non-hydrogen) atoms. The second kappa shape index (κ2) is 7.28. The fourth-order valence-electron chi connectivity index (χ4n) is 3.34. The summed E-state index contributed by atoms with van der Waals surface area (Å²) in [5.74, 6) is -1.06. The number of amides is 1. The molecule has 2 aromatic rings. The van der Waals surface area contributed by atoms with E-state index in [2.05, 4.69) is 0 Å². The molecule has 0 fully saturated rings. The number of aliphatic hydroxyl groups is 1. The van der Waals surface area contributed by atoms with Crippen LogP contribution in [0.25, 0.3) is 0 Å². The lowest BCUT2D eigenvalue weighted by Crippen LogP contribution is -2.42. The quantitative estimate of drug-likeness (QED) is 0.459. The van der Waals surface area contributed by atoms with Gasteiger partial charge < -0.3 is 10.0 Å². The molecule has 0 saturated carbocycles. The number of fused-ring (bicyclic) bond motifs is 1. The van der Waals surface area contributed by atoms with Crippen LogP contribution in [-0.2, 0) is 10.4 Å². The second-order valence-corrected chi connectivity index (χ2v) is 6.60. The van der Waals surface area contributed by atoms with Gasteiger partial charge in [0.2, 0.25) is 0 Å². The summed E-state index contributed by atoms with van der Waals surface area (Å²) in [6.45, 7) is 2.46. The van der Waals surface area contributed by atoms with Crippen LogP contribution in [0.2, 0.25) is 0 Å². The number of ketones is 1. The Kier molecular flexibility index (Phi) is 5.05. The number of carbonyl (C=O) groups excluding carboxylic acids is 2. The van der Waals surface area contributed by atoms with Crippen molar-refractivity contribution in [2.45, 2.75) is 31.8 Å². The number of nitro benzene ring substituents is 1. The summed E-state index contributed by atoms with van der Waals surface area (Å²) >= 11 is 0. The topological polar surface area (TPSA) is 101 Å². The van der Waals surface area contributed by atoms with Gasteiger partial charge in [-0.25, -0.2) is 0 Å². The van der Waals surface area contributed by atoms with Crippen LogP contribution in [0.5, 0.6) is 0 Å². The second-order valence-electron chi connectivity index (χ2n) is 6.60. The van der Waals surface area contributed by atoms with Gasteiger partial charge >= 0.3 is 0 Å². The van der Waals surface area contributed by atoms with Gasteiger partial charge in [0.25, 0.3) is 11.6 Å². The number of hydrogen-bond donors (Lipinski definition) is 1. The predicted octanol–water partition coefficient (Wildman–Crippen LogP) is 3.20. The molecule has 7 nitrogen and oxygen atoms in total. The lowest BCUT2D eigenvalue weighted by Gasteiger charge is -2.22. The number of para-hydroxylation sites is 1. The first kappa shape index (κ1) is 18.7. The highest BCUT2D eigenvalue weighted by atomic mass is 16.6. The number of Topliss-reactive ketones (excluding diaryl/α,β-unsaturated/α-hetero) is 1. The molecule has 1 aliphatic heterocycles. The van der Waals surface area contributed by atoms with Crippen molar-refractivity contribution in [1.29, 1.82) is 0 Å². The van der Waals surface area contributed by atoms with E-state index in [1.807, 2.05) is 6.92 Å². The summed E-state index contributed by atoms with van der Waals surface area (Å²) in [5, 5.41) is 22.1. The lowest BCUT2D eigenvalue weighted by atomic mass is 9.88. The van der Waals surface area contributed by atoms with E-state index in [4.69, 9.17) is 0 Å². The Bertz CT molecular complexity index is 911. The molecule has 7 heteroatoms. The third-order valence-corrected chi connectivity index (χ3v) is 4.77. The Morgan fingerprint density at radius 1 is 1.22 bits per heavy atom. The van der Waals surface area contributed by atoms with Gasteiger partial charge in [0.05, 0.1) is 17.0 Å². The van der Waals surface area contributed by atoms with Crippen molar-refractivity contribution in [2.24, 2.45) is 0 Å². The van der Waals surface area contributed by atoms with Gasteiger partial charge in [-0.05, 0) is 12.5 Å². The Morgan fingerprint density at radius 3 is 2.67 bits per heavy atom. The molecule has 1 atom stereocenters. The Morgan fingerprint density at radius 2 is 1.96 bits per heavy atom. The minimum atomic E-state index is -1.97. The molecular formula is C20H20N2O5. The molecule has 0 bridgehead atoms. The van der Waals surface area contributed by atoms with Crippen molar-refractivity contribution < 1.29 is 19.6 Å². The molecule has 0 saturated heterocycles. The van der Waals surface area contributed by atoms with Crippen LogP contribution in [0.4, 0.5) is 11.4 Å². The number of nitro groups is 1. The Balaban J connectivity index is 1.93. The van der Waals surface area contributed by atoms with Crippen LogP contribution in [0.3, 0.4) is 0 Å². The number of unbranched alkanes of at least 4 members (excludes halogenated alkanes) is 1.